The second kappa shape index (κ2) is 10.4. The fourth-order valence-electron chi connectivity index (χ4n) is 3.02. The van der Waals surface area contributed by atoms with E-state index in [4.69, 9.17) is 10.5 Å². The summed E-state index contributed by atoms with van der Waals surface area (Å²) in [6.07, 6.45) is -1.22. The molecule has 0 radical (unpaired) electrons. The molecule has 0 fully saturated rings. The van der Waals surface area contributed by atoms with Crippen molar-refractivity contribution in [2.75, 3.05) is 5.32 Å². The lowest BCUT2D eigenvalue weighted by Crippen LogP contribution is -2.27. The van der Waals surface area contributed by atoms with Gasteiger partial charge in [0.15, 0.2) is 0 Å². The fourth-order valence-corrected chi connectivity index (χ4v) is 3.02. The van der Waals surface area contributed by atoms with Crippen LogP contribution in [0.25, 0.3) is 11.0 Å². The van der Waals surface area contributed by atoms with Crippen molar-refractivity contribution in [3.05, 3.63) is 59.8 Å². The van der Waals surface area contributed by atoms with Crippen LogP contribution in [0.15, 0.2) is 48.5 Å². The first kappa shape index (κ1) is 25.7. The van der Waals surface area contributed by atoms with Gasteiger partial charge in [-0.2, -0.15) is 0 Å². The van der Waals surface area contributed by atoms with Crippen LogP contribution >= 0.6 is 0 Å². The second-order valence-corrected chi connectivity index (χ2v) is 9.62. The third-order valence-electron chi connectivity index (χ3n) is 4.18. The summed E-state index contributed by atoms with van der Waals surface area (Å²) in [4.78, 5) is 26.4. The van der Waals surface area contributed by atoms with Crippen molar-refractivity contribution in [2.45, 2.75) is 66.2 Å². The van der Waals surface area contributed by atoms with Crippen molar-refractivity contribution in [1.29, 1.82) is 0 Å². The number of nitrogens with zero attached hydrogens (tertiary/aromatic N) is 2. The highest BCUT2D eigenvalue weighted by Crippen LogP contribution is 2.22. The molecule has 0 bridgehead atoms. The van der Waals surface area contributed by atoms with Crippen LogP contribution in [0.5, 0.6) is 0 Å². The summed E-state index contributed by atoms with van der Waals surface area (Å²) in [5.41, 5.74) is 7.98. The Morgan fingerprint density at radius 1 is 0.970 bits per heavy atom. The molecule has 0 saturated heterocycles. The van der Waals surface area contributed by atoms with Gasteiger partial charge in [-0.15, -0.1) is 0 Å². The minimum Gasteiger partial charge on any atom is -0.444 e. The predicted molar refractivity (Wildman–Crippen MR) is 130 cm³/mol. The Morgan fingerprint density at radius 2 is 1.58 bits per heavy atom. The Kier molecular flexibility index (Phi) is 8.08. The van der Waals surface area contributed by atoms with Crippen LogP contribution in [0.3, 0.4) is 0 Å². The topological polar surface area (TPSA) is 108 Å². The number of carbonyl (C=O) groups excluding carboxylic acids is 2. The molecule has 2 aromatic heterocycles. The zero-order valence-electron chi connectivity index (χ0n) is 20.4. The molecule has 33 heavy (non-hydrogen) atoms. The monoisotopic (exact) mass is 454 g/mol. The van der Waals surface area contributed by atoms with Crippen molar-refractivity contribution < 1.29 is 19.1 Å². The van der Waals surface area contributed by atoms with Crippen LogP contribution in [0, 0.1) is 6.92 Å². The number of benzene rings is 1. The van der Waals surface area contributed by atoms with E-state index in [-0.39, 0.29) is 0 Å². The summed E-state index contributed by atoms with van der Waals surface area (Å²) >= 11 is 0. The number of ether oxygens (including phenoxy) is 2. The van der Waals surface area contributed by atoms with Gasteiger partial charge >= 0.3 is 12.2 Å². The SMILES string of the molecule is CC(C)(C)OC(N)=O.Cc1cc2nc(NC(=O)OC(C)(C)C)ccc2n1Cc1ccccc1. The van der Waals surface area contributed by atoms with Crippen LogP contribution in [-0.2, 0) is 16.0 Å². The van der Waals surface area contributed by atoms with Crippen LogP contribution in [0.1, 0.15) is 52.8 Å². The average molecular weight is 455 g/mol. The van der Waals surface area contributed by atoms with Gasteiger partial charge in [0.1, 0.15) is 17.0 Å². The number of amides is 2. The van der Waals surface area contributed by atoms with E-state index in [0.29, 0.717) is 5.82 Å². The molecule has 0 atom stereocenters. The van der Waals surface area contributed by atoms with E-state index in [1.54, 1.807) is 26.8 Å². The molecule has 2 amide bonds. The van der Waals surface area contributed by atoms with E-state index in [1.807, 2.05) is 51.1 Å². The largest absolute Gasteiger partial charge is 0.444 e. The maximum Gasteiger partial charge on any atom is 0.413 e. The maximum absolute atomic E-state index is 11.9. The Bertz CT molecular complexity index is 1090. The van der Waals surface area contributed by atoms with E-state index in [1.165, 1.54) is 5.56 Å². The van der Waals surface area contributed by atoms with Crippen molar-refractivity contribution >= 4 is 29.0 Å². The van der Waals surface area contributed by atoms with Crippen molar-refractivity contribution in [1.82, 2.24) is 9.55 Å². The van der Waals surface area contributed by atoms with E-state index >= 15 is 0 Å². The molecule has 0 unspecified atom stereocenters. The van der Waals surface area contributed by atoms with Gasteiger partial charge in [0.25, 0.3) is 0 Å². The molecule has 0 aliphatic heterocycles. The molecule has 1 aromatic carbocycles. The molecule has 3 rings (SSSR count). The maximum atomic E-state index is 11.9. The number of anilines is 1. The Labute approximate surface area is 195 Å². The minimum absolute atomic E-state index is 0.453. The van der Waals surface area contributed by atoms with Gasteiger partial charge in [0.2, 0.25) is 0 Å². The van der Waals surface area contributed by atoms with Gasteiger partial charge in [-0.05, 0) is 72.2 Å². The van der Waals surface area contributed by atoms with Gasteiger partial charge < -0.3 is 19.8 Å². The Morgan fingerprint density at radius 3 is 2.09 bits per heavy atom. The molecule has 8 heteroatoms. The number of aryl methyl sites for hydroxylation is 1. The first-order chi connectivity index (χ1) is 15.2. The highest BCUT2D eigenvalue weighted by molar-refractivity contribution is 5.86. The Hall–Kier alpha value is -3.55. The standard InChI is InChI=1S/C20H23N3O2.C5H11NO2/c1-14-12-16-17(23(14)13-15-8-6-5-7-9-15)10-11-18(21-16)22-19(24)25-20(2,3)4;1-5(2,3)8-4(6)7/h5-12H,13H2,1-4H3,(H,21,22,24);1-3H3,(H2,6,7). The van der Waals surface area contributed by atoms with Crippen LogP contribution < -0.4 is 11.1 Å². The number of carbonyl (C=O) groups is 2. The van der Waals surface area contributed by atoms with E-state index < -0.39 is 23.4 Å². The normalized spacial score (nSPS) is 11.4. The first-order valence-electron chi connectivity index (χ1n) is 10.7. The number of nitrogens with one attached hydrogen (secondary N) is 1. The van der Waals surface area contributed by atoms with E-state index in [2.05, 4.69) is 38.7 Å². The summed E-state index contributed by atoms with van der Waals surface area (Å²) in [5.74, 6) is 0.485. The summed E-state index contributed by atoms with van der Waals surface area (Å²) in [7, 11) is 0. The molecule has 8 nitrogen and oxygen atoms in total. The van der Waals surface area contributed by atoms with Gasteiger partial charge in [-0.3, -0.25) is 5.32 Å². The number of primary amides is 1. The van der Waals surface area contributed by atoms with Gasteiger partial charge in [0.05, 0.1) is 11.0 Å². The first-order valence-corrected chi connectivity index (χ1v) is 10.7. The molecular weight excluding hydrogens is 420 g/mol. The van der Waals surface area contributed by atoms with Crippen molar-refractivity contribution in [3.8, 4) is 0 Å². The number of pyridine rings is 1. The molecule has 2 heterocycles. The molecule has 0 saturated carbocycles. The number of hydrogen-bond donors (Lipinski definition) is 2. The molecule has 0 aliphatic carbocycles. The molecule has 0 aliphatic rings. The number of aromatic nitrogens is 2. The number of hydrogen-bond acceptors (Lipinski definition) is 5. The lowest BCUT2D eigenvalue weighted by atomic mass is 10.2. The third-order valence-corrected chi connectivity index (χ3v) is 4.18. The highest BCUT2D eigenvalue weighted by Gasteiger charge is 2.17. The molecule has 3 N–H and O–H groups in total. The van der Waals surface area contributed by atoms with Gasteiger partial charge in [-0.1, -0.05) is 30.3 Å². The second-order valence-electron chi connectivity index (χ2n) is 9.62. The summed E-state index contributed by atoms with van der Waals surface area (Å²) in [6.45, 7) is 13.6. The van der Waals surface area contributed by atoms with Gasteiger partial charge in [0, 0.05) is 12.2 Å². The summed E-state index contributed by atoms with van der Waals surface area (Å²) in [5, 5.41) is 2.69. The Balaban J connectivity index is 0.000000414. The smallest absolute Gasteiger partial charge is 0.413 e. The molecule has 0 spiro atoms. The van der Waals surface area contributed by atoms with Gasteiger partial charge in [-0.25, -0.2) is 14.6 Å². The third kappa shape index (κ3) is 8.84. The van der Waals surface area contributed by atoms with E-state index in [0.717, 1.165) is 23.3 Å². The molecular formula is C25H34N4O4. The van der Waals surface area contributed by atoms with Crippen LogP contribution in [-0.4, -0.2) is 32.9 Å². The number of rotatable bonds is 3. The van der Waals surface area contributed by atoms with Crippen LogP contribution in [0.4, 0.5) is 15.4 Å². The number of fused-ring (bicyclic) bond motifs is 1. The minimum atomic E-state index is -0.725. The summed E-state index contributed by atoms with van der Waals surface area (Å²) in [6, 6.07) is 16.1. The van der Waals surface area contributed by atoms with Crippen molar-refractivity contribution in [3.63, 3.8) is 0 Å². The van der Waals surface area contributed by atoms with Crippen LogP contribution in [0.2, 0.25) is 0 Å². The quantitative estimate of drug-likeness (QED) is 0.534. The zero-order valence-corrected chi connectivity index (χ0v) is 20.4. The van der Waals surface area contributed by atoms with Crippen molar-refractivity contribution in [2.24, 2.45) is 5.73 Å². The lowest BCUT2D eigenvalue weighted by molar-refractivity contribution is 0.0596. The lowest BCUT2D eigenvalue weighted by Gasteiger charge is -2.19. The predicted octanol–water partition coefficient (Wildman–Crippen LogP) is 5.62. The van der Waals surface area contributed by atoms with E-state index in [9.17, 15) is 9.59 Å². The highest BCUT2D eigenvalue weighted by atomic mass is 16.6. The zero-order chi connectivity index (χ0) is 24.8. The fraction of sp³-hybridized carbons (Fsp3) is 0.400. The average Bonchev–Trinajstić information content (AvgIpc) is 2.94. The molecule has 178 valence electrons. The summed E-state index contributed by atoms with van der Waals surface area (Å²) < 4.78 is 12.1. The number of nitrogens with two attached hydrogens (primary N) is 1. The molecule has 3 aromatic rings.